The maximum absolute atomic E-state index is 6.05. The minimum absolute atomic E-state index is 0.230. The van der Waals surface area contributed by atoms with E-state index in [1.165, 1.54) is 17.5 Å². The van der Waals surface area contributed by atoms with E-state index in [4.69, 9.17) is 5.73 Å². The standard InChI is InChI=1S/C11H14N4/c1-7-3-4-9(5-8(7)2)10(12)11-13-6-14-15-11/h3-6,10H,12H2,1-2H3,(H,13,14,15). The first-order valence-corrected chi connectivity index (χ1v) is 4.86. The number of H-pyrrole nitrogens is 1. The van der Waals surface area contributed by atoms with Gasteiger partial charge in [-0.2, -0.15) is 5.10 Å². The largest absolute Gasteiger partial charge is 0.318 e. The van der Waals surface area contributed by atoms with Crippen LogP contribution in [0.4, 0.5) is 0 Å². The van der Waals surface area contributed by atoms with E-state index in [0.29, 0.717) is 5.82 Å². The van der Waals surface area contributed by atoms with Gasteiger partial charge >= 0.3 is 0 Å². The van der Waals surface area contributed by atoms with Gasteiger partial charge in [-0.25, -0.2) is 4.98 Å². The molecule has 15 heavy (non-hydrogen) atoms. The van der Waals surface area contributed by atoms with Crippen molar-refractivity contribution in [1.82, 2.24) is 15.2 Å². The Hall–Kier alpha value is -1.68. The molecular formula is C11H14N4. The number of rotatable bonds is 2. The highest BCUT2D eigenvalue weighted by atomic mass is 15.2. The van der Waals surface area contributed by atoms with Crippen molar-refractivity contribution in [2.45, 2.75) is 19.9 Å². The quantitative estimate of drug-likeness (QED) is 0.774. The molecule has 0 bridgehead atoms. The number of hydrogen-bond acceptors (Lipinski definition) is 3. The molecule has 0 saturated carbocycles. The fourth-order valence-electron chi connectivity index (χ4n) is 1.48. The number of nitrogens with two attached hydrogens (primary N) is 1. The monoisotopic (exact) mass is 202 g/mol. The molecule has 0 saturated heterocycles. The predicted octanol–water partition coefficient (Wildman–Crippen LogP) is 1.47. The summed E-state index contributed by atoms with van der Waals surface area (Å²) in [4.78, 5) is 4.05. The normalized spacial score (nSPS) is 12.7. The third kappa shape index (κ3) is 1.89. The van der Waals surface area contributed by atoms with Gasteiger partial charge in [0, 0.05) is 0 Å². The predicted molar refractivity (Wildman–Crippen MR) is 58.3 cm³/mol. The molecule has 78 valence electrons. The summed E-state index contributed by atoms with van der Waals surface area (Å²) >= 11 is 0. The summed E-state index contributed by atoms with van der Waals surface area (Å²) in [6, 6.07) is 5.95. The molecule has 2 rings (SSSR count). The third-order valence-electron chi connectivity index (χ3n) is 2.62. The molecule has 1 atom stereocenters. The molecule has 0 aliphatic heterocycles. The van der Waals surface area contributed by atoms with Gasteiger partial charge in [0.05, 0.1) is 6.04 Å². The number of benzene rings is 1. The van der Waals surface area contributed by atoms with E-state index in [1.807, 2.05) is 6.07 Å². The molecule has 0 fully saturated rings. The van der Waals surface area contributed by atoms with Crippen LogP contribution in [0, 0.1) is 13.8 Å². The highest BCUT2D eigenvalue weighted by Crippen LogP contribution is 2.18. The average molecular weight is 202 g/mol. The van der Waals surface area contributed by atoms with E-state index in [1.54, 1.807) is 0 Å². The zero-order valence-electron chi connectivity index (χ0n) is 8.86. The number of hydrogen-bond donors (Lipinski definition) is 2. The van der Waals surface area contributed by atoms with E-state index >= 15 is 0 Å². The summed E-state index contributed by atoms with van der Waals surface area (Å²) in [5.41, 5.74) is 9.60. The van der Waals surface area contributed by atoms with Crippen LogP contribution in [-0.4, -0.2) is 15.2 Å². The van der Waals surface area contributed by atoms with Crippen LogP contribution >= 0.6 is 0 Å². The first kappa shape index (κ1) is 9.86. The summed E-state index contributed by atoms with van der Waals surface area (Å²) in [7, 11) is 0. The molecule has 1 heterocycles. The van der Waals surface area contributed by atoms with Crippen molar-refractivity contribution in [3.05, 3.63) is 47.0 Å². The first-order chi connectivity index (χ1) is 7.18. The van der Waals surface area contributed by atoms with Crippen LogP contribution in [0.3, 0.4) is 0 Å². The number of aromatic amines is 1. The second kappa shape index (κ2) is 3.82. The van der Waals surface area contributed by atoms with Gasteiger partial charge in [-0.05, 0) is 30.5 Å². The summed E-state index contributed by atoms with van der Waals surface area (Å²) in [6.07, 6.45) is 1.47. The molecule has 2 aromatic rings. The van der Waals surface area contributed by atoms with Crippen LogP contribution in [0.25, 0.3) is 0 Å². The Morgan fingerprint density at radius 1 is 1.27 bits per heavy atom. The van der Waals surface area contributed by atoms with Gasteiger partial charge in [0.2, 0.25) is 0 Å². The van der Waals surface area contributed by atoms with Crippen LogP contribution in [0.15, 0.2) is 24.5 Å². The van der Waals surface area contributed by atoms with Crippen LogP contribution in [-0.2, 0) is 0 Å². The van der Waals surface area contributed by atoms with Crippen molar-refractivity contribution in [2.24, 2.45) is 5.73 Å². The van der Waals surface area contributed by atoms with Crippen molar-refractivity contribution in [3.63, 3.8) is 0 Å². The molecule has 0 spiro atoms. The molecule has 0 radical (unpaired) electrons. The Labute approximate surface area is 88.5 Å². The summed E-state index contributed by atoms with van der Waals surface area (Å²) < 4.78 is 0. The third-order valence-corrected chi connectivity index (χ3v) is 2.62. The van der Waals surface area contributed by atoms with E-state index in [0.717, 1.165) is 5.56 Å². The number of aromatic nitrogens is 3. The van der Waals surface area contributed by atoms with Crippen LogP contribution < -0.4 is 5.73 Å². The Balaban J connectivity index is 2.34. The van der Waals surface area contributed by atoms with E-state index < -0.39 is 0 Å². The van der Waals surface area contributed by atoms with Gasteiger partial charge in [-0.1, -0.05) is 18.2 Å². The number of nitrogens with zero attached hydrogens (tertiary/aromatic N) is 2. The lowest BCUT2D eigenvalue weighted by Crippen LogP contribution is -2.13. The lowest BCUT2D eigenvalue weighted by Gasteiger charge is -2.10. The summed E-state index contributed by atoms with van der Waals surface area (Å²) in [5, 5.41) is 6.58. The average Bonchev–Trinajstić information content (AvgIpc) is 2.74. The van der Waals surface area contributed by atoms with Crippen LogP contribution in [0.5, 0.6) is 0 Å². The Kier molecular flexibility index (Phi) is 2.51. The van der Waals surface area contributed by atoms with Crippen LogP contribution in [0.1, 0.15) is 28.6 Å². The first-order valence-electron chi connectivity index (χ1n) is 4.86. The molecule has 4 nitrogen and oxygen atoms in total. The second-order valence-corrected chi connectivity index (χ2v) is 3.69. The zero-order chi connectivity index (χ0) is 10.8. The van der Waals surface area contributed by atoms with Gasteiger partial charge in [0.15, 0.2) is 0 Å². The van der Waals surface area contributed by atoms with Crippen molar-refractivity contribution in [2.75, 3.05) is 0 Å². The second-order valence-electron chi connectivity index (χ2n) is 3.69. The van der Waals surface area contributed by atoms with Gasteiger partial charge in [-0.15, -0.1) is 0 Å². The van der Waals surface area contributed by atoms with Crippen molar-refractivity contribution in [3.8, 4) is 0 Å². The van der Waals surface area contributed by atoms with Gasteiger partial charge in [-0.3, -0.25) is 5.10 Å². The highest BCUT2D eigenvalue weighted by molar-refractivity contribution is 5.33. The fraction of sp³-hybridized carbons (Fsp3) is 0.273. The molecule has 1 unspecified atom stereocenters. The minimum Gasteiger partial charge on any atom is -0.318 e. The molecular weight excluding hydrogens is 188 g/mol. The van der Waals surface area contributed by atoms with Crippen molar-refractivity contribution in [1.29, 1.82) is 0 Å². The Morgan fingerprint density at radius 2 is 2.07 bits per heavy atom. The van der Waals surface area contributed by atoms with Crippen molar-refractivity contribution >= 4 is 0 Å². The smallest absolute Gasteiger partial charge is 0.145 e. The maximum Gasteiger partial charge on any atom is 0.145 e. The Bertz CT molecular complexity index is 448. The van der Waals surface area contributed by atoms with Crippen LogP contribution in [0.2, 0.25) is 0 Å². The maximum atomic E-state index is 6.05. The van der Waals surface area contributed by atoms with Gasteiger partial charge in [0.1, 0.15) is 12.2 Å². The zero-order valence-corrected chi connectivity index (χ0v) is 8.86. The van der Waals surface area contributed by atoms with Gasteiger partial charge < -0.3 is 5.73 Å². The molecule has 1 aromatic carbocycles. The molecule has 0 aliphatic carbocycles. The topological polar surface area (TPSA) is 67.6 Å². The Morgan fingerprint density at radius 3 is 2.67 bits per heavy atom. The number of nitrogens with one attached hydrogen (secondary N) is 1. The number of aryl methyl sites for hydroxylation is 2. The van der Waals surface area contributed by atoms with E-state index in [-0.39, 0.29) is 6.04 Å². The molecule has 3 N–H and O–H groups in total. The summed E-state index contributed by atoms with van der Waals surface area (Å²) in [6.45, 7) is 4.16. The van der Waals surface area contributed by atoms with Crippen molar-refractivity contribution < 1.29 is 0 Å². The molecule has 0 aliphatic rings. The van der Waals surface area contributed by atoms with E-state index in [9.17, 15) is 0 Å². The molecule has 1 aromatic heterocycles. The molecule has 4 heteroatoms. The van der Waals surface area contributed by atoms with E-state index in [2.05, 4.69) is 41.2 Å². The van der Waals surface area contributed by atoms with Gasteiger partial charge in [0.25, 0.3) is 0 Å². The fourth-order valence-corrected chi connectivity index (χ4v) is 1.48. The molecule has 0 amide bonds. The lowest BCUT2D eigenvalue weighted by atomic mass is 10.0. The minimum atomic E-state index is -0.230. The summed E-state index contributed by atoms with van der Waals surface area (Å²) in [5.74, 6) is 0.693. The highest BCUT2D eigenvalue weighted by Gasteiger charge is 2.11. The SMILES string of the molecule is Cc1ccc(C(N)c2ncn[nH]2)cc1C. The lowest BCUT2D eigenvalue weighted by molar-refractivity contribution is 0.786.